The Morgan fingerprint density at radius 3 is 1.04 bits per heavy atom. The van der Waals surface area contributed by atoms with E-state index in [2.05, 4.69) is 13.8 Å². The van der Waals surface area contributed by atoms with Crippen molar-refractivity contribution >= 4 is 6.29 Å². The van der Waals surface area contributed by atoms with Crippen molar-refractivity contribution < 1.29 is 14.3 Å². The van der Waals surface area contributed by atoms with Gasteiger partial charge in [0.1, 0.15) is 11.5 Å². The summed E-state index contributed by atoms with van der Waals surface area (Å²) in [6.45, 7) is 5.98. The molecule has 0 atom stereocenters. The zero-order valence-electron chi connectivity index (χ0n) is 31.1. The number of ether oxygens (including phenoxy) is 2. The molecule has 0 amide bonds. The highest BCUT2D eigenvalue weighted by Gasteiger charge is 2.06. The van der Waals surface area contributed by atoms with Gasteiger partial charge in [0.25, 0.3) is 0 Å². The van der Waals surface area contributed by atoms with Gasteiger partial charge in [0.2, 0.25) is 0 Å². The van der Waals surface area contributed by atoms with E-state index in [4.69, 9.17) is 9.47 Å². The lowest BCUT2D eigenvalue weighted by Crippen LogP contribution is -2.02. The third kappa shape index (κ3) is 27.6. The van der Waals surface area contributed by atoms with Crippen molar-refractivity contribution in [3.8, 4) is 11.5 Å². The van der Waals surface area contributed by atoms with Crippen molar-refractivity contribution in [2.75, 3.05) is 13.2 Å². The Hall–Kier alpha value is -1.51. The highest BCUT2D eigenvalue weighted by molar-refractivity contribution is 5.79. The summed E-state index contributed by atoms with van der Waals surface area (Å²) in [6.07, 6.45) is 44.7. The highest BCUT2D eigenvalue weighted by atomic mass is 16.5. The molecule has 268 valence electrons. The average Bonchev–Trinajstić information content (AvgIpc) is 3.07. The molecule has 1 rings (SSSR count). The molecule has 0 bridgehead atoms. The van der Waals surface area contributed by atoms with Gasteiger partial charge in [-0.1, -0.05) is 206 Å². The third-order valence-corrected chi connectivity index (χ3v) is 9.63. The molecular formula is C43H78O3. The first-order valence-corrected chi connectivity index (χ1v) is 20.7. The standard InChI is InChI=1S/C43H78O3/c1-3-5-7-9-11-13-15-17-19-21-23-25-27-29-31-33-37-45-42-36-35-41(40-44)43(39-42)46-38-34-32-30-28-26-24-22-20-18-16-14-12-10-8-6-4-2/h35-36,39-40H,3-34,37-38H2,1-2H3. The molecule has 0 saturated carbocycles. The molecule has 0 fully saturated rings. The Kier molecular flexibility index (Phi) is 32.2. The Morgan fingerprint density at radius 1 is 0.413 bits per heavy atom. The first-order valence-electron chi connectivity index (χ1n) is 20.7. The number of carbonyl (C=O) groups excluding carboxylic acids is 1. The predicted octanol–water partition coefficient (Wildman–Crippen LogP) is 14.8. The summed E-state index contributed by atoms with van der Waals surface area (Å²) in [5, 5.41) is 0. The van der Waals surface area contributed by atoms with Crippen LogP contribution in [0.15, 0.2) is 18.2 Å². The van der Waals surface area contributed by atoms with Crippen LogP contribution in [0.5, 0.6) is 11.5 Å². The second kappa shape index (κ2) is 34.8. The third-order valence-electron chi connectivity index (χ3n) is 9.63. The van der Waals surface area contributed by atoms with Gasteiger partial charge < -0.3 is 9.47 Å². The van der Waals surface area contributed by atoms with Gasteiger partial charge in [-0.25, -0.2) is 0 Å². The van der Waals surface area contributed by atoms with Crippen molar-refractivity contribution in [2.24, 2.45) is 0 Å². The Bertz CT molecular complexity index is 760. The van der Waals surface area contributed by atoms with E-state index in [0.29, 0.717) is 17.9 Å². The van der Waals surface area contributed by atoms with E-state index < -0.39 is 0 Å². The quantitative estimate of drug-likeness (QED) is 0.0535. The van der Waals surface area contributed by atoms with Crippen LogP contribution >= 0.6 is 0 Å². The fourth-order valence-electron chi connectivity index (χ4n) is 6.50. The summed E-state index contributed by atoms with van der Waals surface area (Å²) in [6, 6.07) is 5.64. The van der Waals surface area contributed by atoms with Crippen LogP contribution in [0.25, 0.3) is 0 Å². The molecule has 0 aliphatic carbocycles. The van der Waals surface area contributed by atoms with E-state index >= 15 is 0 Å². The van der Waals surface area contributed by atoms with Gasteiger partial charge in [-0.2, -0.15) is 0 Å². The Balaban J connectivity index is 1.95. The van der Waals surface area contributed by atoms with E-state index in [9.17, 15) is 4.79 Å². The summed E-state index contributed by atoms with van der Waals surface area (Å²) in [5.41, 5.74) is 0.617. The Morgan fingerprint density at radius 2 is 0.717 bits per heavy atom. The number of carbonyl (C=O) groups is 1. The van der Waals surface area contributed by atoms with Crippen molar-refractivity contribution in [1.29, 1.82) is 0 Å². The molecule has 0 heterocycles. The summed E-state index contributed by atoms with van der Waals surface area (Å²) < 4.78 is 12.0. The molecule has 1 aromatic rings. The van der Waals surface area contributed by atoms with Crippen LogP contribution in [0.3, 0.4) is 0 Å². The molecule has 0 N–H and O–H groups in total. The zero-order chi connectivity index (χ0) is 33.0. The van der Waals surface area contributed by atoms with Crippen molar-refractivity contribution in [1.82, 2.24) is 0 Å². The normalized spacial score (nSPS) is 11.3. The van der Waals surface area contributed by atoms with Crippen molar-refractivity contribution in [2.45, 2.75) is 219 Å². The number of hydrogen-bond acceptors (Lipinski definition) is 3. The van der Waals surface area contributed by atoms with Gasteiger partial charge in [0.05, 0.1) is 18.8 Å². The van der Waals surface area contributed by atoms with Crippen LogP contribution < -0.4 is 9.47 Å². The smallest absolute Gasteiger partial charge is 0.153 e. The molecule has 0 aliphatic rings. The predicted molar refractivity (Wildman–Crippen MR) is 202 cm³/mol. The molecule has 0 aromatic heterocycles. The zero-order valence-corrected chi connectivity index (χ0v) is 31.1. The lowest BCUT2D eigenvalue weighted by atomic mass is 10.0. The fraction of sp³-hybridized carbons (Fsp3) is 0.837. The summed E-state index contributed by atoms with van der Waals surface area (Å²) in [7, 11) is 0. The number of unbranched alkanes of at least 4 members (excludes halogenated alkanes) is 30. The second-order valence-corrected chi connectivity index (χ2v) is 14.1. The molecule has 0 unspecified atom stereocenters. The van der Waals surface area contributed by atoms with E-state index in [-0.39, 0.29) is 0 Å². The van der Waals surface area contributed by atoms with Crippen LogP contribution in [0.2, 0.25) is 0 Å². The second-order valence-electron chi connectivity index (χ2n) is 14.1. The van der Waals surface area contributed by atoms with Gasteiger partial charge in [-0.05, 0) is 25.0 Å². The molecule has 1 aromatic carbocycles. The minimum Gasteiger partial charge on any atom is -0.493 e. The molecule has 3 heteroatoms. The number of rotatable bonds is 37. The van der Waals surface area contributed by atoms with Gasteiger partial charge in [0.15, 0.2) is 6.29 Å². The van der Waals surface area contributed by atoms with Gasteiger partial charge >= 0.3 is 0 Å². The molecule has 0 spiro atoms. The Labute approximate surface area is 287 Å². The van der Waals surface area contributed by atoms with E-state index in [1.165, 1.54) is 193 Å². The van der Waals surface area contributed by atoms with Crippen LogP contribution in [0, 0.1) is 0 Å². The minimum atomic E-state index is 0.617. The van der Waals surface area contributed by atoms with E-state index in [1.807, 2.05) is 18.2 Å². The maximum Gasteiger partial charge on any atom is 0.153 e. The van der Waals surface area contributed by atoms with Crippen LogP contribution in [-0.2, 0) is 0 Å². The summed E-state index contributed by atoms with van der Waals surface area (Å²) in [5.74, 6) is 1.48. The highest BCUT2D eigenvalue weighted by Crippen LogP contribution is 2.25. The lowest BCUT2D eigenvalue weighted by molar-refractivity contribution is 0.111. The van der Waals surface area contributed by atoms with E-state index in [1.54, 1.807) is 0 Å². The maximum atomic E-state index is 11.5. The van der Waals surface area contributed by atoms with Crippen molar-refractivity contribution in [3.05, 3.63) is 23.8 Å². The SMILES string of the molecule is CCCCCCCCCCCCCCCCCCOc1ccc(C=O)c(OCCCCCCCCCCCCCCCCCC)c1. The molecular weight excluding hydrogens is 564 g/mol. The number of aldehydes is 1. The first kappa shape index (κ1) is 42.5. The van der Waals surface area contributed by atoms with Crippen LogP contribution in [0.1, 0.15) is 230 Å². The molecule has 0 saturated heterocycles. The lowest BCUT2D eigenvalue weighted by Gasteiger charge is -2.12. The molecule has 0 radical (unpaired) electrons. The monoisotopic (exact) mass is 643 g/mol. The molecule has 46 heavy (non-hydrogen) atoms. The first-order chi connectivity index (χ1) is 22.8. The number of hydrogen-bond donors (Lipinski definition) is 0. The summed E-state index contributed by atoms with van der Waals surface area (Å²) >= 11 is 0. The molecule has 3 nitrogen and oxygen atoms in total. The van der Waals surface area contributed by atoms with Crippen molar-refractivity contribution in [3.63, 3.8) is 0 Å². The van der Waals surface area contributed by atoms with Gasteiger partial charge in [0, 0.05) is 6.07 Å². The topological polar surface area (TPSA) is 35.5 Å². The number of benzene rings is 1. The van der Waals surface area contributed by atoms with Gasteiger partial charge in [-0.15, -0.1) is 0 Å². The van der Waals surface area contributed by atoms with Crippen LogP contribution in [0.4, 0.5) is 0 Å². The summed E-state index contributed by atoms with van der Waals surface area (Å²) in [4.78, 5) is 11.5. The van der Waals surface area contributed by atoms with Crippen LogP contribution in [-0.4, -0.2) is 19.5 Å². The maximum absolute atomic E-state index is 11.5. The van der Waals surface area contributed by atoms with Gasteiger partial charge in [-0.3, -0.25) is 4.79 Å². The average molecular weight is 643 g/mol. The molecule has 0 aliphatic heterocycles. The minimum absolute atomic E-state index is 0.617. The van der Waals surface area contributed by atoms with E-state index in [0.717, 1.165) is 31.5 Å². The fourth-order valence-corrected chi connectivity index (χ4v) is 6.50. The largest absolute Gasteiger partial charge is 0.493 e.